The van der Waals surface area contributed by atoms with Crippen molar-refractivity contribution in [3.05, 3.63) is 90.0 Å². The maximum Gasteiger partial charge on any atom is 0.321 e. The number of nitrogens with zero attached hydrogens (tertiary/aromatic N) is 2. The van der Waals surface area contributed by atoms with E-state index in [9.17, 15) is 9.59 Å². The van der Waals surface area contributed by atoms with Gasteiger partial charge in [-0.25, -0.2) is 9.79 Å². The normalized spacial score (nSPS) is 15.6. The van der Waals surface area contributed by atoms with Gasteiger partial charge in [0.1, 0.15) is 0 Å². The van der Waals surface area contributed by atoms with Crippen LogP contribution in [0.5, 0.6) is 0 Å². The number of amides is 3. The molecule has 7 heteroatoms. The number of nitrogens with one attached hydrogen (secondary N) is 2. The maximum atomic E-state index is 13.1. The predicted molar refractivity (Wildman–Crippen MR) is 119 cm³/mol. The van der Waals surface area contributed by atoms with Crippen LogP contribution in [0.4, 0.5) is 21.9 Å². The van der Waals surface area contributed by atoms with Crippen LogP contribution in [0.2, 0.25) is 0 Å². The molecule has 1 aliphatic heterocycles. The van der Waals surface area contributed by atoms with Gasteiger partial charge in [-0.15, -0.1) is 0 Å². The minimum atomic E-state index is -1.08. The fraction of sp³-hybridized carbons (Fsp3) is 0.0870. The molecule has 0 aromatic heterocycles. The molecular weight excluding hydrogens is 378 g/mol. The molecule has 3 aromatic carbocycles. The Kier molecular flexibility index (Phi) is 5.17. The maximum absolute atomic E-state index is 13.1. The van der Waals surface area contributed by atoms with Gasteiger partial charge >= 0.3 is 6.03 Å². The molecule has 0 spiro atoms. The number of anilines is 3. The number of para-hydroxylation sites is 1. The number of hydrogen-bond acceptors (Lipinski definition) is 4. The number of likely N-dealkylation sites (N-methyl/N-ethyl adjacent to an activating group) is 1. The van der Waals surface area contributed by atoms with Gasteiger partial charge in [0.05, 0.1) is 11.4 Å². The number of hydrogen-bond donors (Lipinski definition) is 3. The second-order valence-electron chi connectivity index (χ2n) is 6.88. The lowest BCUT2D eigenvalue weighted by molar-refractivity contribution is -0.119. The van der Waals surface area contributed by atoms with Crippen LogP contribution in [-0.4, -0.2) is 30.9 Å². The first-order chi connectivity index (χ1) is 14.5. The van der Waals surface area contributed by atoms with Gasteiger partial charge < -0.3 is 21.3 Å². The van der Waals surface area contributed by atoms with E-state index in [1.807, 2.05) is 54.6 Å². The van der Waals surface area contributed by atoms with Gasteiger partial charge in [-0.2, -0.15) is 0 Å². The van der Waals surface area contributed by atoms with E-state index in [0.717, 1.165) is 16.8 Å². The third-order valence-corrected chi connectivity index (χ3v) is 4.80. The minimum absolute atomic E-state index is 0.337. The molecule has 0 radical (unpaired) electrons. The highest BCUT2D eigenvalue weighted by Crippen LogP contribution is 2.27. The standard InChI is InChI=1S/C23H21N5O2/c1-28-19-13-6-5-12-18(19)20(15-8-3-2-4-9-15)26-21(22(28)29)27-23(30)25-17-11-7-10-16(24)14-17/h2-14,21H,24H2,1H3,(H2,25,27,30). The van der Waals surface area contributed by atoms with Gasteiger partial charge in [0.15, 0.2) is 0 Å². The Hall–Kier alpha value is -4.13. The summed E-state index contributed by atoms with van der Waals surface area (Å²) in [6.07, 6.45) is -1.08. The fourth-order valence-corrected chi connectivity index (χ4v) is 3.35. The summed E-state index contributed by atoms with van der Waals surface area (Å²) in [5.41, 5.74) is 9.85. The van der Waals surface area contributed by atoms with E-state index >= 15 is 0 Å². The van der Waals surface area contributed by atoms with Crippen LogP contribution in [0.3, 0.4) is 0 Å². The van der Waals surface area contributed by atoms with E-state index in [-0.39, 0.29) is 5.91 Å². The van der Waals surface area contributed by atoms with Crippen molar-refractivity contribution in [3.63, 3.8) is 0 Å². The number of carbonyl (C=O) groups is 2. The Labute approximate surface area is 174 Å². The molecule has 1 unspecified atom stereocenters. The molecule has 1 atom stereocenters. The van der Waals surface area contributed by atoms with Gasteiger partial charge in [0.25, 0.3) is 5.91 Å². The molecule has 1 aliphatic rings. The second kappa shape index (κ2) is 8.08. The zero-order valence-electron chi connectivity index (χ0n) is 16.4. The van der Waals surface area contributed by atoms with Crippen molar-refractivity contribution in [1.29, 1.82) is 0 Å². The highest BCUT2D eigenvalue weighted by molar-refractivity contribution is 6.20. The molecule has 3 amide bonds. The molecule has 0 fully saturated rings. The molecule has 0 bridgehead atoms. The van der Waals surface area contributed by atoms with E-state index < -0.39 is 12.2 Å². The Morgan fingerprint density at radius 2 is 1.73 bits per heavy atom. The first kappa shape index (κ1) is 19.2. The summed E-state index contributed by atoms with van der Waals surface area (Å²) in [4.78, 5) is 31.8. The molecule has 1 heterocycles. The third-order valence-electron chi connectivity index (χ3n) is 4.80. The van der Waals surface area contributed by atoms with Crippen molar-refractivity contribution in [2.75, 3.05) is 23.0 Å². The van der Waals surface area contributed by atoms with Crippen LogP contribution in [-0.2, 0) is 4.79 Å². The van der Waals surface area contributed by atoms with Crippen molar-refractivity contribution in [3.8, 4) is 0 Å². The number of fused-ring (bicyclic) bond motifs is 1. The smallest absolute Gasteiger partial charge is 0.321 e. The molecule has 150 valence electrons. The zero-order valence-corrected chi connectivity index (χ0v) is 16.4. The molecule has 4 rings (SSSR count). The van der Waals surface area contributed by atoms with E-state index in [4.69, 9.17) is 5.73 Å². The first-order valence-electron chi connectivity index (χ1n) is 9.46. The lowest BCUT2D eigenvalue weighted by Gasteiger charge is -2.21. The SMILES string of the molecule is CN1C(=O)C(NC(=O)Nc2cccc(N)c2)N=C(c2ccccc2)c2ccccc21. The van der Waals surface area contributed by atoms with Crippen molar-refractivity contribution < 1.29 is 9.59 Å². The molecular formula is C23H21N5O2. The van der Waals surface area contributed by atoms with E-state index in [1.165, 1.54) is 4.90 Å². The van der Waals surface area contributed by atoms with E-state index in [1.54, 1.807) is 31.3 Å². The predicted octanol–water partition coefficient (Wildman–Crippen LogP) is 3.23. The van der Waals surface area contributed by atoms with Crippen molar-refractivity contribution in [2.24, 2.45) is 4.99 Å². The van der Waals surface area contributed by atoms with Crippen LogP contribution >= 0.6 is 0 Å². The second-order valence-corrected chi connectivity index (χ2v) is 6.88. The fourth-order valence-electron chi connectivity index (χ4n) is 3.35. The van der Waals surface area contributed by atoms with Crippen LogP contribution in [0.15, 0.2) is 83.9 Å². The van der Waals surface area contributed by atoms with Crippen LogP contribution in [0.25, 0.3) is 0 Å². The monoisotopic (exact) mass is 399 g/mol. The van der Waals surface area contributed by atoms with Gasteiger partial charge in [0, 0.05) is 29.5 Å². The number of nitrogens with two attached hydrogens (primary N) is 1. The summed E-state index contributed by atoms with van der Waals surface area (Å²) in [5.74, 6) is -0.337. The topological polar surface area (TPSA) is 99.8 Å². The lowest BCUT2D eigenvalue weighted by Crippen LogP contribution is -2.47. The Morgan fingerprint density at radius 3 is 2.50 bits per heavy atom. The average Bonchev–Trinajstić information content (AvgIpc) is 2.85. The van der Waals surface area contributed by atoms with Crippen molar-refractivity contribution in [1.82, 2.24) is 5.32 Å². The van der Waals surface area contributed by atoms with Crippen LogP contribution < -0.4 is 21.3 Å². The van der Waals surface area contributed by atoms with Gasteiger partial charge in [-0.3, -0.25) is 4.79 Å². The molecule has 0 saturated heterocycles. The van der Waals surface area contributed by atoms with Crippen LogP contribution in [0, 0.1) is 0 Å². The van der Waals surface area contributed by atoms with Crippen molar-refractivity contribution in [2.45, 2.75) is 6.17 Å². The number of benzodiazepines with no additional fused rings is 1. The lowest BCUT2D eigenvalue weighted by atomic mass is 10.0. The molecule has 30 heavy (non-hydrogen) atoms. The number of benzene rings is 3. The number of nitrogen functional groups attached to an aromatic ring is 1. The minimum Gasteiger partial charge on any atom is -0.399 e. The van der Waals surface area contributed by atoms with Gasteiger partial charge in [0.2, 0.25) is 6.17 Å². The summed E-state index contributed by atoms with van der Waals surface area (Å²) >= 11 is 0. The van der Waals surface area contributed by atoms with Crippen molar-refractivity contribution >= 4 is 34.7 Å². The van der Waals surface area contributed by atoms with Gasteiger partial charge in [-0.05, 0) is 24.3 Å². The van der Waals surface area contributed by atoms with Gasteiger partial charge in [-0.1, -0.05) is 54.6 Å². The molecule has 4 N–H and O–H groups in total. The third kappa shape index (κ3) is 3.86. The number of rotatable bonds is 3. The number of carbonyl (C=O) groups excluding carboxylic acids is 2. The number of aliphatic imine (C=N–C) groups is 1. The highest BCUT2D eigenvalue weighted by atomic mass is 16.2. The average molecular weight is 399 g/mol. The molecule has 3 aromatic rings. The first-order valence-corrected chi connectivity index (χ1v) is 9.46. The summed E-state index contributed by atoms with van der Waals surface area (Å²) in [5, 5.41) is 5.36. The summed E-state index contributed by atoms with van der Waals surface area (Å²) < 4.78 is 0. The molecule has 7 nitrogen and oxygen atoms in total. The Morgan fingerprint density at radius 1 is 1.00 bits per heavy atom. The quantitative estimate of drug-likeness (QED) is 0.590. The zero-order chi connectivity index (χ0) is 21.1. The van der Waals surface area contributed by atoms with E-state index in [0.29, 0.717) is 17.1 Å². The summed E-state index contributed by atoms with van der Waals surface area (Å²) in [7, 11) is 1.68. The number of urea groups is 1. The highest BCUT2D eigenvalue weighted by Gasteiger charge is 2.30. The Balaban J connectivity index is 1.69. The molecule has 0 saturated carbocycles. The van der Waals surface area contributed by atoms with E-state index in [2.05, 4.69) is 15.6 Å². The largest absolute Gasteiger partial charge is 0.399 e. The Bertz CT molecular complexity index is 1130. The summed E-state index contributed by atoms with van der Waals surface area (Å²) in [6.45, 7) is 0. The summed E-state index contributed by atoms with van der Waals surface area (Å²) in [6, 6.07) is 23.4. The molecule has 0 aliphatic carbocycles. The van der Waals surface area contributed by atoms with Crippen LogP contribution in [0.1, 0.15) is 11.1 Å².